The van der Waals surface area contributed by atoms with Gasteiger partial charge in [0.2, 0.25) is 0 Å². The summed E-state index contributed by atoms with van der Waals surface area (Å²) in [5.74, 6) is -0.445. The van der Waals surface area contributed by atoms with Crippen molar-refractivity contribution in [3.63, 3.8) is 0 Å². The van der Waals surface area contributed by atoms with Crippen molar-refractivity contribution in [3.8, 4) is 0 Å². The minimum absolute atomic E-state index is 0.0301. The van der Waals surface area contributed by atoms with E-state index in [0.717, 1.165) is 22.3 Å². The van der Waals surface area contributed by atoms with Gasteiger partial charge in [0.25, 0.3) is 0 Å². The molecule has 0 spiro atoms. The molecule has 172 valence electrons. The Hall–Kier alpha value is -3.47. The maximum Gasteiger partial charge on any atom is 0.337 e. The van der Waals surface area contributed by atoms with Crippen molar-refractivity contribution in [2.24, 2.45) is 11.3 Å². The van der Waals surface area contributed by atoms with Crippen molar-refractivity contribution in [1.29, 1.82) is 0 Å². The van der Waals surface area contributed by atoms with Crippen molar-refractivity contribution in [2.75, 3.05) is 14.2 Å². The number of esters is 2. The Morgan fingerprint density at radius 2 is 1.12 bits per heavy atom. The molecule has 0 radical (unpaired) electrons. The Balaban J connectivity index is 1.94. The molecule has 0 bridgehead atoms. The number of carbonyl (C=O) groups is 3. The van der Waals surface area contributed by atoms with Crippen LogP contribution in [0, 0.1) is 11.3 Å². The summed E-state index contributed by atoms with van der Waals surface area (Å²) in [5, 5.41) is 0. The highest BCUT2D eigenvalue weighted by Crippen LogP contribution is 2.42. The first kappa shape index (κ1) is 24.2. The van der Waals surface area contributed by atoms with Crippen molar-refractivity contribution in [2.45, 2.75) is 33.6 Å². The summed E-state index contributed by atoms with van der Waals surface area (Å²) in [4.78, 5) is 36.7. The van der Waals surface area contributed by atoms with E-state index in [2.05, 4.69) is 20.8 Å². The van der Waals surface area contributed by atoms with Gasteiger partial charge in [-0.05, 0) is 71.7 Å². The topological polar surface area (TPSA) is 69.7 Å². The number of hydrogen-bond acceptors (Lipinski definition) is 5. The van der Waals surface area contributed by atoms with E-state index in [0.29, 0.717) is 29.9 Å². The second-order valence-corrected chi connectivity index (χ2v) is 9.37. The molecule has 2 aromatic rings. The van der Waals surface area contributed by atoms with E-state index in [1.54, 1.807) is 24.3 Å². The molecule has 3 rings (SSSR count). The smallest absolute Gasteiger partial charge is 0.337 e. The normalized spacial score (nSPS) is 18.9. The molecule has 0 aromatic heterocycles. The van der Waals surface area contributed by atoms with Crippen LogP contribution < -0.4 is 0 Å². The van der Waals surface area contributed by atoms with Crippen LogP contribution in [-0.2, 0) is 14.3 Å². The zero-order valence-corrected chi connectivity index (χ0v) is 19.8. The van der Waals surface area contributed by atoms with Crippen LogP contribution in [0.2, 0.25) is 0 Å². The fourth-order valence-corrected chi connectivity index (χ4v) is 3.92. The van der Waals surface area contributed by atoms with Gasteiger partial charge in [-0.15, -0.1) is 0 Å². The minimum Gasteiger partial charge on any atom is -0.465 e. The summed E-state index contributed by atoms with van der Waals surface area (Å²) in [7, 11) is 2.70. The van der Waals surface area contributed by atoms with Crippen LogP contribution in [0.15, 0.2) is 59.7 Å². The molecule has 33 heavy (non-hydrogen) atoms. The van der Waals surface area contributed by atoms with E-state index in [1.165, 1.54) is 14.2 Å². The summed E-state index contributed by atoms with van der Waals surface area (Å²) in [5.41, 5.74) is 4.21. The summed E-state index contributed by atoms with van der Waals surface area (Å²) in [6, 6.07) is 14.1. The van der Waals surface area contributed by atoms with Gasteiger partial charge in [-0.2, -0.15) is 0 Å². The lowest BCUT2D eigenvalue weighted by Gasteiger charge is -2.35. The van der Waals surface area contributed by atoms with Gasteiger partial charge < -0.3 is 9.47 Å². The molecule has 0 heterocycles. The standard InChI is InChI=1S/C28H30O5/c1-28(2,3)24-16-22(14-18-6-10-20(11-7-18)26(30)32-4)25(29)23(17-24)15-19-8-12-21(13-9-19)27(31)33-5/h6-15,24H,16-17H2,1-5H3. The third-order valence-corrected chi connectivity index (χ3v) is 6.09. The van der Waals surface area contributed by atoms with Crippen LogP contribution >= 0.6 is 0 Å². The molecular formula is C28H30O5. The van der Waals surface area contributed by atoms with Gasteiger partial charge >= 0.3 is 11.9 Å². The lowest BCUT2D eigenvalue weighted by Crippen LogP contribution is -2.29. The van der Waals surface area contributed by atoms with E-state index in [1.807, 2.05) is 36.4 Å². The highest BCUT2D eigenvalue weighted by atomic mass is 16.5. The molecule has 0 unspecified atom stereocenters. The monoisotopic (exact) mass is 446 g/mol. The quantitative estimate of drug-likeness (QED) is 0.442. The van der Waals surface area contributed by atoms with Crippen LogP contribution in [0.3, 0.4) is 0 Å². The van der Waals surface area contributed by atoms with Gasteiger partial charge in [0.05, 0.1) is 25.3 Å². The first-order valence-electron chi connectivity index (χ1n) is 10.9. The van der Waals surface area contributed by atoms with E-state index in [4.69, 9.17) is 9.47 Å². The lowest BCUT2D eigenvalue weighted by molar-refractivity contribution is -0.113. The molecule has 0 aliphatic heterocycles. The van der Waals surface area contributed by atoms with E-state index in [-0.39, 0.29) is 23.1 Å². The SMILES string of the molecule is COC(=O)c1ccc(C=C2CC(C(C)(C)C)CC(=Cc3ccc(C(=O)OC)cc3)C2=O)cc1. The lowest BCUT2D eigenvalue weighted by atomic mass is 9.68. The molecule has 0 N–H and O–H groups in total. The predicted octanol–water partition coefficient (Wildman–Crippen LogP) is 5.75. The minimum atomic E-state index is -0.390. The molecule has 1 fully saturated rings. The number of ether oxygens (including phenoxy) is 2. The Morgan fingerprint density at radius 1 is 0.758 bits per heavy atom. The van der Waals surface area contributed by atoms with E-state index < -0.39 is 0 Å². The van der Waals surface area contributed by atoms with Crippen LogP contribution in [-0.4, -0.2) is 31.9 Å². The van der Waals surface area contributed by atoms with Crippen LogP contribution in [0.4, 0.5) is 0 Å². The fourth-order valence-electron chi connectivity index (χ4n) is 3.92. The third-order valence-electron chi connectivity index (χ3n) is 6.09. The molecule has 0 amide bonds. The van der Waals surface area contributed by atoms with Crippen molar-refractivity contribution < 1.29 is 23.9 Å². The Bertz CT molecular complexity index is 1010. The molecule has 2 aromatic carbocycles. The summed E-state index contributed by atoms with van der Waals surface area (Å²) >= 11 is 0. The number of allylic oxidation sites excluding steroid dienone is 2. The Labute approximate surface area is 195 Å². The zero-order chi connectivity index (χ0) is 24.2. The van der Waals surface area contributed by atoms with Crippen molar-refractivity contribution >= 4 is 29.9 Å². The Morgan fingerprint density at radius 3 is 1.42 bits per heavy atom. The summed E-state index contributed by atoms with van der Waals surface area (Å²) in [6.07, 6.45) is 5.21. The fraction of sp³-hybridized carbons (Fsp3) is 0.321. The first-order valence-corrected chi connectivity index (χ1v) is 10.9. The number of Topliss-reactive ketones (excluding diaryl/α,β-unsaturated/α-hetero) is 1. The van der Waals surface area contributed by atoms with Gasteiger partial charge in [0.1, 0.15) is 0 Å². The maximum absolute atomic E-state index is 13.4. The second kappa shape index (κ2) is 9.99. The average Bonchev–Trinajstić information content (AvgIpc) is 2.80. The number of hydrogen-bond donors (Lipinski definition) is 0. The van der Waals surface area contributed by atoms with Crippen LogP contribution in [0.25, 0.3) is 12.2 Å². The van der Waals surface area contributed by atoms with Gasteiger partial charge in [-0.25, -0.2) is 9.59 Å². The van der Waals surface area contributed by atoms with Crippen molar-refractivity contribution in [3.05, 3.63) is 81.9 Å². The molecule has 1 aliphatic carbocycles. The number of benzene rings is 2. The van der Waals surface area contributed by atoms with Crippen LogP contribution in [0.1, 0.15) is 65.5 Å². The number of ketones is 1. The molecule has 1 aliphatic rings. The average molecular weight is 447 g/mol. The highest BCUT2D eigenvalue weighted by molar-refractivity contribution is 6.14. The van der Waals surface area contributed by atoms with Gasteiger partial charge in [-0.1, -0.05) is 45.0 Å². The molecule has 5 nitrogen and oxygen atoms in total. The molecule has 0 saturated heterocycles. The second-order valence-electron chi connectivity index (χ2n) is 9.37. The summed E-state index contributed by atoms with van der Waals surface area (Å²) < 4.78 is 9.50. The first-order chi connectivity index (χ1) is 15.6. The molecular weight excluding hydrogens is 416 g/mol. The number of methoxy groups -OCH3 is 2. The van der Waals surface area contributed by atoms with Gasteiger partial charge in [0, 0.05) is 11.1 Å². The summed E-state index contributed by atoms with van der Waals surface area (Å²) in [6.45, 7) is 6.58. The van der Waals surface area contributed by atoms with Gasteiger partial charge in [-0.3, -0.25) is 4.79 Å². The molecule has 0 atom stereocenters. The van der Waals surface area contributed by atoms with Crippen molar-refractivity contribution in [1.82, 2.24) is 0 Å². The largest absolute Gasteiger partial charge is 0.465 e. The number of rotatable bonds is 4. The van der Waals surface area contributed by atoms with Crippen LogP contribution in [0.5, 0.6) is 0 Å². The maximum atomic E-state index is 13.4. The highest BCUT2D eigenvalue weighted by Gasteiger charge is 2.34. The number of carbonyl (C=O) groups excluding carboxylic acids is 3. The van der Waals surface area contributed by atoms with E-state index in [9.17, 15) is 14.4 Å². The van der Waals surface area contributed by atoms with E-state index >= 15 is 0 Å². The Kier molecular flexibility index (Phi) is 7.32. The third kappa shape index (κ3) is 5.86. The van der Waals surface area contributed by atoms with Gasteiger partial charge in [0.15, 0.2) is 5.78 Å². The zero-order valence-electron chi connectivity index (χ0n) is 19.8. The predicted molar refractivity (Wildman–Crippen MR) is 129 cm³/mol. The molecule has 1 saturated carbocycles. The molecule has 5 heteroatoms.